The molecule has 0 aliphatic heterocycles. The topological polar surface area (TPSA) is 103 Å². The number of furan rings is 1. The van der Waals surface area contributed by atoms with Gasteiger partial charge in [0.05, 0.1) is 12.6 Å². The van der Waals surface area contributed by atoms with E-state index in [0.29, 0.717) is 0 Å². The van der Waals surface area contributed by atoms with Gasteiger partial charge in [-0.05, 0) is 63.1 Å². The van der Waals surface area contributed by atoms with Crippen LogP contribution in [0, 0.1) is 6.92 Å². The van der Waals surface area contributed by atoms with Crippen molar-refractivity contribution in [1.29, 1.82) is 0 Å². The Hall–Kier alpha value is -3.42. The maximum Gasteiger partial charge on any atom is 0.342 e. The van der Waals surface area contributed by atoms with E-state index in [1.807, 2.05) is 6.92 Å². The number of nitrogens with zero attached hydrogens (tertiary/aromatic N) is 2. The van der Waals surface area contributed by atoms with Crippen molar-refractivity contribution in [3.05, 3.63) is 62.9 Å². The van der Waals surface area contributed by atoms with Crippen molar-refractivity contribution in [2.75, 3.05) is 6.61 Å². The summed E-state index contributed by atoms with van der Waals surface area (Å²) < 4.78 is 11.7. The predicted molar refractivity (Wildman–Crippen MR) is 119 cm³/mol. The van der Waals surface area contributed by atoms with Crippen LogP contribution < -0.4 is 10.9 Å². The molecule has 1 atom stereocenters. The van der Waals surface area contributed by atoms with E-state index in [-0.39, 0.29) is 47.5 Å². The fourth-order valence-electron chi connectivity index (χ4n) is 4.25. The third-order valence-electron chi connectivity index (χ3n) is 5.90. The summed E-state index contributed by atoms with van der Waals surface area (Å²) in [5.41, 5.74) is 3.35. The molecule has 0 radical (unpaired) electrons. The smallest absolute Gasteiger partial charge is 0.342 e. The molecule has 0 saturated heterocycles. The summed E-state index contributed by atoms with van der Waals surface area (Å²) in [6.07, 6.45) is 5.84. The Kier molecular flexibility index (Phi) is 6.12. The van der Waals surface area contributed by atoms with Gasteiger partial charge in [-0.25, -0.2) is 9.78 Å². The molecule has 8 heteroatoms. The zero-order chi connectivity index (χ0) is 22.8. The molecule has 3 aromatic rings. The highest BCUT2D eigenvalue weighted by atomic mass is 16.5. The quantitative estimate of drug-likeness (QED) is 0.594. The Balaban J connectivity index is 1.53. The number of ether oxygens (including phenoxy) is 1. The molecule has 0 bridgehead atoms. The number of carbonyl (C=O) groups excluding carboxylic acids is 2. The summed E-state index contributed by atoms with van der Waals surface area (Å²) in [6.45, 7) is 5.13. The van der Waals surface area contributed by atoms with Gasteiger partial charge in [-0.15, -0.1) is 0 Å². The molecular formula is C24H27N3O5. The van der Waals surface area contributed by atoms with Crippen molar-refractivity contribution in [2.24, 2.45) is 0 Å². The lowest BCUT2D eigenvalue weighted by Gasteiger charge is -2.20. The van der Waals surface area contributed by atoms with Gasteiger partial charge in [0.1, 0.15) is 29.6 Å². The van der Waals surface area contributed by atoms with Crippen molar-refractivity contribution in [1.82, 2.24) is 14.9 Å². The molecule has 2 heterocycles. The first kappa shape index (κ1) is 21.8. The van der Waals surface area contributed by atoms with E-state index >= 15 is 0 Å². The number of aromatic nitrogens is 2. The van der Waals surface area contributed by atoms with E-state index in [9.17, 15) is 14.4 Å². The second-order valence-corrected chi connectivity index (χ2v) is 8.14. The van der Waals surface area contributed by atoms with Gasteiger partial charge in [-0.2, -0.15) is 0 Å². The third kappa shape index (κ3) is 4.17. The number of aryl methyl sites for hydroxylation is 3. The van der Waals surface area contributed by atoms with E-state index in [4.69, 9.17) is 9.15 Å². The molecule has 1 aliphatic rings. The largest absolute Gasteiger partial charge is 0.462 e. The van der Waals surface area contributed by atoms with E-state index < -0.39 is 11.5 Å². The van der Waals surface area contributed by atoms with E-state index in [1.54, 1.807) is 13.8 Å². The number of carbonyl (C=O) groups is 2. The van der Waals surface area contributed by atoms with Crippen molar-refractivity contribution < 1.29 is 18.7 Å². The highest BCUT2D eigenvalue weighted by Gasteiger charge is 2.24. The molecule has 8 nitrogen and oxygen atoms in total. The molecule has 0 saturated carbocycles. The number of nitrogens with one attached hydrogen (secondary N) is 1. The highest BCUT2D eigenvalue weighted by molar-refractivity contribution is 6.03. The van der Waals surface area contributed by atoms with Crippen LogP contribution in [0.25, 0.3) is 11.1 Å². The van der Waals surface area contributed by atoms with E-state index in [2.05, 4.69) is 28.5 Å². The van der Waals surface area contributed by atoms with Gasteiger partial charge in [0, 0.05) is 0 Å². The minimum absolute atomic E-state index is 0.0268. The van der Waals surface area contributed by atoms with Gasteiger partial charge >= 0.3 is 5.97 Å². The molecule has 1 aliphatic carbocycles. The van der Waals surface area contributed by atoms with Gasteiger partial charge in [0.15, 0.2) is 0 Å². The first-order valence-electron chi connectivity index (χ1n) is 11.0. The average molecular weight is 437 g/mol. The van der Waals surface area contributed by atoms with Crippen LogP contribution in [0.15, 0.2) is 33.7 Å². The summed E-state index contributed by atoms with van der Waals surface area (Å²) in [5.74, 6) is -0.714. The Bertz CT molecular complexity index is 1240. The van der Waals surface area contributed by atoms with Crippen molar-refractivity contribution in [3.63, 3.8) is 0 Å². The van der Waals surface area contributed by atoms with Crippen LogP contribution in [0.5, 0.6) is 0 Å². The van der Waals surface area contributed by atoms with E-state index in [0.717, 1.165) is 18.4 Å². The second kappa shape index (κ2) is 8.98. The van der Waals surface area contributed by atoms with Gasteiger partial charge in [-0.3, -0.25) is 14.2 Å². The van der Waals surface area contributed by atoms with Crippen LogP contribution in [-0.4, -0.2) is 28.0 Å². The molecule has 1 N–H and O–H groups in total. The zero-order valence-corrected chi connectivity index (χ0v) is 18.6. The molecule has 0 fully saturated rings. The van der Waals surface area contributed by atoms with Gasteiger partial charge < -0.3 is 14.5 Å². The van der Waals surface area contributed by atoms with Crippen LogP contribution in [0.1, 0.15) is 65.5 Å². The average Bonchev–Trinajstić information content (AvgIpc) is 3.12. The normalized spacial score (nSPS) is 14.1. The Morgan fingerprint density at radius 3 is 2.75 bits per heavy atom. The standard InChI is InChI=1S/C24H27N3O5/c1-4-31-24(30)20-15(3)32-22-21(20)23(29)27(13-25-22)12-19(28)26-14(2)17-10-9-16-7-5-6-8-18(16)11-17/h9-11,13-14H,4-8,12H2,1-3H3,(H,26,28). The summed E-state index contributed by atoms with van der Waals surface area (Å²) in [6, 6.07) is 6.16. The monoisotopic (exact) mass is 437 g/mol. The molecular weight excluding hydrogens is 410 g/mol. The summed E-state index contributed by atoms with van der Waals surface area (Å²) in [5, 5.41) is 2.97. The second-order valence-electron chi connectivity index (χ2n) is 8.14. The van der Waals surface area contributed by atoms with Crippen LogP contribution in [0.3, 0.4) is 0 Å². The van der Waals surface area contributed by atoms with Crippen LogP contribution >= 0.6 is 0 Å². The predicted octanol–water partition coefficient (Wildman–Crippen LogP) is 3.23. The van der Waals surface area contributed by atoms with Gasteiger partial charge in [0.25, 0.3) is 5.56 Å². The maximum atomic E-state index is 13.0. The number of fused-ring (bicyclic) bond motifs is 2. The maximum absolute atomic E-state index is 13.0. The molecule has 4 rings (SSSR count). The Morgan fingerprint density at radius 1 is 1.25 bits per heavy atom. The Labute approximate surface area is 185 Å². The van der Waals surface area contributed by atoms with Gasteiger partial charge in [-0.1, -0.05) is 18.2 Å². The number of rotatable bonds is 6. The molecule has 0 spiro atoms. The lowest BCUT2D eigenvalue weighted by atomic mass is 9.89. The third-order valence-corrected chi connectivity index (χ3v) is 5.90. The van der Waals surface area contributed by atoms with Crippen LogP contribution in [-0.2, 0) is 28.9 Å². The van der Waals surface area contributed by atoms with Crippen molar-refractivity contribution in [3.8, 4) is 0 Å². The molecule has 32 heavy (non-hydrogen) atoms. The Morgan fingerprint density at radius 2 is 2.00 bits per heavy atom. The highest BCUT2D eigenvalue weighted by Crippen LogP contribution is 2.25. The fourth-order valence-corrected chi connectivity index (χ4v) is 4.25. The SMILES string of the molecule is CCOC(=O)c1c(C)oc2ncn(CC(=O)NC(C)c3ccc4c(c3)CCCC4)c(=O)c12. The van der Waals surface area contributed by atoms with Gasteiger partial charge in [0.2, 0.25) is 11.6 Å². The molecule has 1 amide bonds. The lowest BCUT2D eigenvalue weighted by molar-refractivity contribution is -0.122. The minimum atomic E-state index is -0.647. The summed E-state index contributed by atoms with van der Waals surface area (Å²) in [4.78, 5) is 42.1. The van der Waals surface area contributed by atoms with Crippen molar-refractivity contribution in [2.45, 2.75) is 59.0 Å². The lowest BCUT2D eigenvalue weighted by Crippen LogP contribution is -2.34. The molecule has 168 valence electrons. The van der Waals surface area contributed by atoms with Crippen molar-refractivity contribution >= 4 is 23.0 Å². The zero-order valence-electron chi connectivity index (χ0n) is 18.6. The molecule has 2 aromatic heterocycles. The summed E-state index contributed by atoms with van der Waals surface area (Å²) >= 11 is 0. The number of amides is 1. The number of hydrogen-bond donors (Lipinski definition) is 1. The number of esters is 1. The minimum Gasteiger partial charge on any atom is -0.462 e. The first-order chi connectivity index (χ1) is 15.4. The number of benzene rings is 1. The number of hydrogen-bond acceptors (Lipinski definition) is 6. The van der Waals surface area contributed by atoms with Crippen LogP contribution in [0.2, 0.25) is 0 Å². The first-order valence-corrected chi connectivity index (χ1v) is 11.0. The fraction of sp³-hybridized carbons (Fsp3) is 0.417. The molecule has 1 aromatic carbocycles. The molecule has 1 unspecified atom stereocenters. The van der Waals surface area contributed by atoms with Crippen LogP contribution in [0.4, 0.5) is 0 Å². The van der Waals surface area contributed by atoms with E-state index in [1.165, 1.54) is 34.9 Å². The summed E-state index contributed by atoms with van der Waals surface area (Å²) in [7, 11) is 0.